The molecule has 2 fully saturated rings. The number of benzene rings is 2. The second-order valence-electron chi connectivity index (χ2n) is 7.78. The zero-order valence-electron chi connectivity index (χ0n) is 17.4. The molecule has 0 atom stereocenters. The van der Waals surface area contributed by atoms with Crippen LogP contribution in [0.2, 0.25) is 5.02 Å². The van der Waals surface area contributed by atoms with Crippen molar-refractivity contribution in [2.24, 2.45) is 0 Å². The highest BCUT2D eigenvalue weighted by Gasteiger charge is 2.25. The number of anilines is 2. The minimum Gasteiger partial charge on any atom is -0.362 e. The molecule has 0 radical (unpaired) electrons. The first kappa shape index (κ1) is 21.8. The van der Waals surface area contributed by atoms with E-state index in [1.807, 2.05) is 29.2 Å². The van der Waals surface area contributed by atoms with Crippen LogP contribution in [-0.2, 0) is 9.59 Å². The summed E-state index contributed by atoms with van der Waals surface area (Å²) in [6.07, 6.45) is 4.77. The van der Waals surface area contributed by atoms with E-state index in [1.54, 1.807) is 28.0 Å². The van der Waals surface area contributed by atoms with Crippen molar-refractivity contribution in [2.45, 2.75) is 12.8 Å². The Morgan fingerprint density at radius 3 is 2.38 bits per heavy atom. The van der Waals surface area contributed by atoms with Crippen molar-refractivity contribution >= 4 is 46.6 Å². The number of carbonyl (C=O) groups is 2. The lowest BCUT2D eigenvalue weighted by molar-refractivity contribution is -0.384. The van der Waals surface area contributed by atoms with Crippen LogP contribution < -0.4 is 9.80 Å². The summed E-state index contributed by atoms with van der Waals surface area (Å²) < 4.78 is 0. The molecule has 8 nitrogen and oxygen atoms in total. The number of piperazine rings is 1. The lowest BCUT2D eigenvalue weighted by Gasteiger charge is -2.35. The highest BCUT2D eigenvalue weighted by atomic mass is 35.5. The molecular formula is C23H23ClN4O4. The second-order valence-corrected chi connectivity index (χ2v) is 8.21. The fraction of sp³-hybridized carbons (Fsp3) is 0.304. The third-order valence-electron chi connectivity index (χ3n) is 5.76. The summed E-state index contributed by atoms with van der Waals surface area (Å²) in [4.78, 5) is 40.8. The molecule has 2 heterocycles. The van der Waals surface area contributed by atoms with Gasteiger partial charge in [-0.3, -0.25) is 19.7 Å². The fourth-order valence-corrected chi connectivity index (χ4v) is 4.20. The molecule has 2 amide bonds. The van der Waals surface area contributed by atoms with Crippen molar-refractivity contribution < 1.29 is 14.5 Å². The summed E-state index contributed by atoms with van der Waals surface area (Å²) in [7, 11) is 0. The molecule has 0 N–H and O–H groups in total. The zero-order valence-corrected chi connectivity index (χ0v) is 18.2. The average molecular weight is 455 g/mol. The maximum Gasteiger partial charge on any atom is 0.294 e. The zero-order chi connectivity index (χ0) is 22.7. The summed E-state index contributed by atoms with van der Waals surface area (Å²) in [5, 5.41) is 11.7. The highest BCUT2D eigenvalue weighted by Crippen LogP contribution is 2.31. The molecule has 2 aromatic carbocycles. The van der Waals surface area contributed by atoms with Crippen LogP contribution >= 0.6 is 11.6 Å². The van der Waals surface area contributed by atoms with Gasteiger partial charge in [0.1, 0.15) is 5.69 Å². The number of halogens is 1. The Labute approximate surface area is 190 Å². The van der Waals surface area contributed by atoms with Gasteiger partial charge in [-0.25, -0.2) is 0 Å². The number of rotatable bonds is 5. The summed E-state index contributed by atoms with van der Waals surface area (Å²) in [5.74, 6) is 0.0422. The molecule has 0 aliphatic carbocycles. The van der Waals surface area contributed by atoms with Gasteiger partial charge in [-0.2, -0.15) is 0 Å². The van der Waals surface area contributed by atoms with Crippen molar-refractivity contribution in [3.63, 3.8) is 0 Å². The van der Waals surface area contributed by atoms with Gasteiger partial charge in [-0.1, -0.05) is 23.7 Å². The Morgan fingerprint density at radius 1 is 1.03 bits per heavy atom. The number of nitro benzene ring substituents is 1. The molecule has 4 rings (SSSR count). The van der Waals surface area contributed by atoms with Gasteiger partial charge in [0.05, 0.1) is 4.92 Å². The smallest absolute Gasteiger partial charge is 0.294 e. The normalized spacial score (nSPS) is 16.8. The molecule has 0 bridgehead atoms. The monoisotopic (exact) mass is 454 g/mol. The standard InChI is InChI=1S/C23H23ClN4O4/c24-18-6-9-20(21(16-18)28(31)32)25-12-14-26(15-13-25)22(29)10-5-17-3-7-19(8-4-17)27-11-1-2-23(27)30/h3-10,16H,1-2,11-15H2/b10-5+. The first-order valence-electron chi connectivity index (χ1n) is 10.5. The summed E-state index contributed by atoms with van der Waals surface area (Å²) in [5.41, 5.74) is 2.24. The lowest BCUT2D eigenvalue weighted by atomic mass is 10.1. The topological polar surface area (TPSA) is 87.0 Å². The molecule has 2 aromatic rings. The van der Waals surface area contributed by atoms with Gasteiger partial charge < -0.3 is 14.7 Å². The van der Waals surface area contributed by atoms with E-state index in [1.165, 1.54) is 12.1 Å². The fourth-order valence-electron chi connectivity index (χ4n) is 4.04. The highest BCUT2D eigenvalue weighted by molar-refractivity contribution is 6.30. The van der Waals surface area contributed by atoms with E-state index < -0.39 is 4.92 Å². The van der Waals surface area contributed by atoms with Gasteiger partial charge in [0.15, 0.2) is 0 Å². The largest absolute Gasteiger partial charge is 0.362 e. The SMILES string of the molecule is O=C(/C=C/c1ccc(N2CCCC2=O)cc1)N1CCN(c2ccc(Cl)cc2[N+](=O)[O-])CC1. The van der Waals surface area contributed by atoms with E-state index >= 15 is 0 Å². The van der Waals surface area contributed by atoms with Crippen LogP contribution in [0.3, 0.4) is 0 Å². The van der Waals surface area contributed by atoms with E-state index in [-0.39, 0.29) is 17.5 Å². The molecule has 2 saturated heterocycles. The van der Waals surface area contributed by atoms with Gasteiger partial charge >= 0.3 is 0 Å². The summed E-state index contributed by atoms with van der Waals surface area (Å²) in [6, 6.07) is 12.2. The Bertz CT molecular complexity index is 1060. The van der Waals surface area contributed by atoms with Crippen LogP contribution in [-0.4, -0.2) is 54.4 Å². The molecule has 2 aliphatic heterocycles. The third kappa shape index (κ3) is 4.75. The minimum absolute atomic E-state index is 0.0313. The summed E-state index contributed by atoms with van der Waals surface area (Å²) >= 11 is 5.90. The molecule has 2 aliphatic rings. The third-order valence-corrected chi connectivity index (χ3v) is 6.00. The Morgan fingerprint density at radius 2 is 1.75 bits per heavy atom. The molecule has 32 heavy (non-hydrogen) atoms. The van der Waals surface area contributed by atoms with Crippen LogP contribution in [0, 0.1) is 10.1 Å². The van der Waals surface area contributed by atoms with Crippen molar-refractivity contribution in [1.29, 1.82) is 0 Å². The van der Waals surface area contributed by atoms with Gasteiger partial charge in [-0.05, 0) is 42.3 Å². The van der Waals surface area contributed by atoms with Crippen LogP contribution in [0.1, 0.15) is 18.4 Å². The first-order chi connectivity index (χ1) is 15.4. The lowest BCUT2D eigenvalue weighted by Crippen LogP contribution is -2.48. The number of nitro groups is 1. The molecule has 0 saturated carbocycles. The van der Waals surface area contributed by atoms with Crippen molar-refractivity contribution in [1.82, 2.24) is 4.90 Å². The number of carbonyl (C=O) groups excluding carboxylic acids is 2. The quantitative estimate of drug-likeness (QED) is 0.390. The van der Waals surface area contributed by atoms with Crippen molar-refractivity contribution in [2.75, 3.05) is 42.5 Å². The average Bonchev–Trinajstić information content (AvgIpc) is 3.23. The van der Waals surface area contributed by atoms with E-state index in [2.05, 4.69) is 0 Å². The Kier molecular flexibility index (Phi) is 6.41. The van der Waals surface area contributed by atoms with Crippen molar-refractivity contribution in [3.05, 3.63) is 69.2 Å². The number of amides is 2. The van der Waals surface area contributed by atoms with Crippen LogP contribution in [0.15, 0.2) is 48.5 Å². The number of hydrogen-bond acceptors (Lipinski definition) is 5. The predicted octanol–water partition coefficient (Wildman–Crippen LogP) is 3.74. The van der Waals surface area contributed by atoms with Crippen LogP contribution in [0.5, 0.6) is 0 Å². The molecule has 166 valence electrons. The van der Waals surface area contributed by atoms with Gasteiger partial charge in [0.25, 0.3) is 5.69 Å². The molecule has 0 spiro atoms. The maximum atomic E-state index is 12.6. The minimum atomic E-state index is -0.438. The molecule has 9 heteroatoms. The van der Waals surface area contributed by atoms with Gasteiger partial charge in [0.2, 0.25) is 11.8 Å². The molecule has 0 unspecified atom stereocenters. The first-order valence-corrected chi connectivity index (χ1v) is 10.9. The maximum absolute atomic E-state index is 12.6. The summed E-state index contributed by atoms with van der Waals surface area (Å²) in [6.45, 7) is 2.69. The molecular weight excluding hydrogens is 432 g/mol. The van der Waals surface area contributed by atoms with E-state index in [0.717, 1.165) is 24.2 Å². The predicted molar refractivity (Wildman–Crippen MR) is 124 cm³/mol. The second kappa shape index (κ2) is 9.40. The van der Waals surface area contributed by atoms with E-state index in [0.29, 0.717) is 43.3 Å². The van der Waals surface area contributed by atoms with Gasteiger partial charge in [0, 0.05) is 62.0 Å². The molecule has 0 aromatic heterocycles. The number of nitrogens with zero attached hydrogens (tertiary/aromatic N) is 4. The number of hydrogen-bond donors (Lipinski definition) is 0. The van der Waals surface area contributed by atoms with Gasteiger partial charge in [-0.15, -0.1) is 0 Å². The van der Waals surface area contributed by atoms with Crippen molar-refractivity contribution in [3.8, 4) is 0 Å². The Hall–Kier alpha value is -3.39. The van der Waals surface area contributed by atoms with E-state index in [4.69, 9.17) is 11.6 Å². The van der Waals surface area contributed by atoms with E-state index in [9.17, 15) is 19.7 Å². The Balaban J connectivity index is 1.34. The van der Waals surface area contributed by atoms with Crippen LogP contribution in [0.4, 0.5) is 17.1 Å². The van der Waals surface area contributed by atoms with Crippen LogP contribution in [0.25, 0.3) is 6.08 Å².